The van der Waals surface area contributed by atoms with Crippen molar-refractivity contribution in [3.05, 3.63) is 28.8 Å². The zero-order valence-corrected chi connectivity index (χ0v) is 13.5. The van der Waals surface area contributed by atoms with E-state index in [1.54, 1.807) is 12.1 Å². The minimum Gasteiger partial charge on any atom is -0.382 e. The Kier molecular flexibility index (Phi) is 5.48. The number of nitrogens with one attached hydrogen (secondary N) is 1. The summed E-state index contributed by atoms with van der Waals surface area (Å²) in [7, 11) is 0. The molecule has 1 fully saturated rings. The molecule has 1 aromatic rings. The predicted octanol–water partition coefficient (Wildman–Crippen LogP) is 2.97. The number of amides is 1. The van der Waals surface area contributed by atoms with Crippen molar-refractivity contribution >= 4 is 23.2 Å². The smallest absolute Gasteiger partial charge is 0.250 e. The molecule has 21 heavy (non-hydrogen) atoms. The zero-order chi connectivity index (χ0) is 15.4. The summed E-state index contributed by atoms with van der Waals surface area (Å²) >= 11 is 6.08. The Hall–Kier alpha value is -1.26. The molecule has 1 heterocycles. The second-order valence-corrected chi connectivity index (χ2v) is 6.17. The maximum atomic E-state index is 11.2. The van der Waals surface area contributed by atoms with Crippen LogP contribution in [0.3, 0.4) is 0 Å². The molecule has 1 aromatic carbocycles. The van der Waals surface area contributed by atoms with Gasteiger partial charge in [-0.15, -0.1) is 0 Å². The molecule has 1 atom stereocenters. The number of hydrogen-bond donors (Lipinski definition) is 2. The average Bonchev–Trinajstić information content (AvgIpc) is 2.47. The monoisotopic (exact) mass is 309 g/mol. The third-order valence-electron chi connectivity index (χ3n) is 4.42. The summed E-state index contributed by atoms with van der Waals surface area (Å²) in [5.41, 5.74) is 6.57. The Balaban J connectivity index is 1.95. The third-order valence-corrected chi connectivity index (χ3v) is 4.73. The molecular weight excluding hydrogens is 286 g/mol. The van der Waals surface area contributed by atoms with Gasteiger partial charge >= 0.3 is 0 Å². The van der Waals surface area contributed by atoms with Gasteiger partial charge in [0.15, 0.2) is 0 Å². The van der Waals surface area contributed by atoms with Crippen LogP contribution in [-0.2, 0) is 0 Å². The van der Waals surface area contributed by atoms with Gasteiger partial charge in [0.1, 0.15) is 0 Å². The molecule has 1 aliphatic heterocycles. The molecule has 0 bridgehead atoms. The first-order valence-electron chi connectivity index (χ1n) is 7.59. The molecule has 0 aliphatic carbocycles. The van der Waals surface area contributed by atoms with Gasteiger partial charge in [0, 0.05) is 11.7 Å². The van der Waals surface area contributed by atoms with Crippen molar-refractivity contribution in [1.82, 2.24) is 4.90 Å². The third kappa shape index (κ3) is 4.11. The number of nitrogens with two attached hydrogens (primary N) is 1. The molecule has 0 saturated carbocycles. The highest BCUT2D eigenvalue weighted by Crippen LogP contribution is 2.25. The van der Waals surface area contributed by atoms with E-state index in [2.05, 4.69) is 24.1 Å². The summed E-state index contributed by atoms with van der Waals surface area (Å²) < 4.78 is 0. The number of piperidine rings is 1. The van der Waals surface area contributed by atoms with E-state index in [0.29, 0.717) is 22.5 Å². The Morgan fingerprint density at radius 2 is 2.14 bits per heavy atom. The standard InChI is InChI=1S/C16H24ClN3O/c1-3-20-8-6-12(7-9-20)11(2)19-13-4-5-14(16(18)21)15(17)10-13/h4-5,10-12,19H,3,6-9H2,1-2H3,(H2,18,21). The van der Waals surface area contributed by atoms with E-state index in [1.807, 2.05) is 6.07 Å². The number of rotatable bonds is 5. The largest absolute Gasteiger partial charge is 0.382 e. The average molecular weight is 310 g/mol. The Labute approximate surface area is 131 Å². The minimum atomic E-state index is -0.494. The number of carbonyl (C=O) groups excluding carboxylic acids is 1. The number of halogens is 1. The first-order valence-corrected chi connectivity index (χ1v) is 7.97. The second-order valence-electron chi connectivity index (χ2n) is 5.76. The van der Waals surface area contributed by atoms with E-state index in [-0.39, 0.29) is 0 Å². The molecule has 1 amide bonds. The lowest BCUT2D eigenvalue weighted by Crippen LogP contribution is -2.39. The van der Waals surface area contributed by atoms with Gasteiger partial charge in [0.2, 0.25) is 5.91 Å². The Morgan fingerprint density at radius 3 is 2.67 bits per heavy atom. The number of likely N-dealkylation sites (tertiary alicyclic amines) is 1. The molecular formula is C16H24ClN3O. The number of benzene rings is 1. The highest BCUT2D eigenvalue weighted by Gasteiger charge is 2.23. The van der Waals surface area contributed by atoms with Gasteiger partial charge in [-0.25, -0.2) is 0 Å². The number of carbonyl (C=O) groups is 1. The number of nitrogens with zero attached hydrogens (tertiary/aromatic N) is 1. The second kappa shape index (κ2) is 7.14. The normalized spacial score (nSPS) is 18.4. The summed E-state index contributed by atoms with van der Waals surface area (Å²) in [5.74, 6) is 0.175. The molecule has 1 unspecified atom stereocenters. The lowest BCUT2D eigenvalue weighted by atomic mass is 9.90. The predicted molar refractivity (Wildman–Crippen MR) is 87.9 cm³/mol. The highest BCUT2D eigenvalue weighted by molar-refractivity contribution is 6.34. The SMILES string of the molecule is CCN1CCC(C(C)Nc2ccc(C(N)=O)c(Cl)c2)CC1. The fourth-order valence-electron chi connectivity index (χ4n) is 2.95. The highest BCUT2D eigenvalue weighted by atomic mass is 35.5. The van der Waals surface area contributed by atoms with Gasteiger partial charge in [0.25, 0.3) is 0 Å². The van der Waals surface area contributed by atoms with Gasteiger partial charge in [-0.2, -0.15) is 0 Å². The van der Waals surface area contributed by atoms with Crippen LogP contribution in [-0.4, -0.2) is 36.5 Å². The van der Waals surface area contributed by atoms with Crippen molar-refractivity contribution in [2.45, 2.75) is 32.7 Å². The van der Waals surface area contributed by atoms with E-state index in [4.69, 9.17) is 17.3 Å². The van der Waals surface area contributed by atoms with Gasteiger partial charge in [0.05, 0.1) is 10.6 Å². The molecule has 0 spiro atoms. The maximum Gasteiger partial charge on any atom is 0.250 e. The van der Waals surface area contributed by atoms with Crippen LogP contribution in [0.5, 0.6) is 0 Å². The number of hydrogen-bond acceptors (Lipinski definition) is 3. The molecule has 0 aromatic heterocycles. The van der Waals surface area contributed by atoms with Crippen molar-refractivity contribution < 1.29 is 4.79 Å². The lowest BCUT2D eigenvalue weighted by molar-refractivity contribution is 0.100. The fourth-order valence-corrected chi connectivity index (χ4v) is 3.23. The van der Waals surface area contributed by atoms with Gasteiger partial charge in [-0.05, 0) is 63.5 Å². The van der Waals surface area contributed by atoms with Crippen LogP contribution in [0.4, 0.5) is 5.69 Å². The summed E-state index contributed by atoms with van der Waals surface area (Å²) in [6.07, 6.45) is 2.43. The number of primary amides is 1. The Morgan fingerprint density at radius 1 is 1.48 bits per heavy atom. The lowest BCUT2D eigenvalue weighted by Gasteiger charge is -2.34. The summed E-state index contributed by atoms with van der Waals surface area (Å²) in [5, 5.41) is 3.90. The molecule has 2 rings (SSSR count). The molecule has 1 saturated heterocycles. The molecule has 3 N–H and O–H groups in total. The van der Waals surface area contributed by atoms with Crippen molar-refractivity contribution in [1.29, 1.82) is 0 Å². The Bertz CT molecular complexity index is 498. The van der Waals surface area contributed by atoms with E-state index in [0.717, 1.165) is 12.2 Å². The summed E-state index contributed by atoms with van der Waals surface area (Å²) in [6, 6.07) is 5.71. The minimum absolute atomic E-state index is 0.367. The van der Waals surface area contributed by atoms with Crippen molar-refractivity contribution in [2.75, 3.05) is 25.0 Å². The van der Waals surface area contributed by atoms with Crippen LogP contribution in [0.25, 0.3) is 0 Å². The van der Waals surface area contributed by atoms with Crippen LogP contribution in [0.1, 0.15) is 37.0 Å². The van der Waals surface area contributed by atoms with Crippen LogP contribution in [0, 0.1) is 5.92 Å². The van der Waals surface area contributed by atoms with E-state index < -0.39 is 5.91 Å². The maximum absolute atomic E-state index is 11.2. The summed E-state index contributed by atoms with van der Waals surface area (Å²) in [6.45, 7) is 7.91. The summed E-state index contributed by atoms with van der Waals surface area (Å²) in [4.78, 5) is 13.7. The van der Waals surface area contributed by atoms with Gasteiger partial charge in [-0.3, -0.25) is 4.79 Å². The molecule has 1 aliphatic rings. The molecule has 5 heteroatoms. The van der Waals surface area contributed by atoms with Crippen molar-refractivity contribution in [3.63, 3.8) is 0 Å². The zero-order valence-electron chi connectivity index (χ0n) is 12.7. The van der Waals surface area contributed by atoms with E-state index in [1.165, 1.54) is 25.9 Å². The van der Waals surface area contributed by atoms with Crippen LogP contribution in [0.15, 0.2) is 18.2 Å². The topological polar surface area (TPSA) is 58.4 Å². The van der Waals surface area contributed by atoms with Gasteiger partial charge in [-0.1, -0.05) is 18.5 Å². The van der Waals surface area contributed by atoms with Crippen molar-refractivity contribution in [2.24, 2.45) is 11.7 Å². The van der Waals surface area contributed by atoms with Crippen LogP contribution >= 0.6 is 11.6 Å². The van der Waals surface area contributed by atoms with E-state index >= 15 is 0 Å². The van der Waals surface area contributed by atoms with E-state index in [9.17, 15) is 4.79 Å². The first kappa shape index (κ1) is 16.1. The number of anilines is 1. The fraction of sp³-hybridized carbons (Fsp3) is 0.562. The quantitative estimate of drug-likeness (QED) is 0.879. The molecule has 116 valence electrons. The van der Waals surface area contributed by atoms with Gasteiger partial charge < -0.3 is 16.0 Å². The molecule has 4 nitrogen and oxygen atoms in total. The van der Waals surface area contributed by atoms with Crippen molar-refractivity contribution in [3.8, 4) is 0 Å². The van der Waals surface area contributed by atoms with Crippen LogP contribution < -0.4 is 11.1 Å². The molecule has 0 radical (unpaired) electrons. The first-order chi connectivity index (χ1) is 10.0. The van der Waals surface area contributed by atoms with Crippen LogP contribution in [0.2, 0.25) is 5.02 Å².